The van der Waals surface area contributed by atoms with Gasteiger partial charge in [0.05, 0.1) is 12.0 Å². The van der Waals surface area contributed by atoms with Crippen molar-refractivity contribution in [2.75, 3.05) is 0 Å². The van der Waals surface area contributed by atoms with Crippen LogP contribution >= 0.6 is 0 Å². The lowest BCUT2D eigenvalue weighted by Crippen LogP contribution is -2.40. The van der Waals surface area contributed by atoms with E-state index < -0.39 is 5.60 Å². The molecule has 0 aromatic heterocycles. The van der Waals surface area contributed by atoms with Gasteiger partial charge in [0.25, 0.3) is 0 Å². The largest absolute Gasteiger partial charge is 0.477 e. The van der Waals surface area contributed by atoms with Gasteiger partial charge in [0.1, 0.15) is 5.75 Å². The van der Waals surface area contributed by atoms with Gasteiger partial charge in [-0.2, -0.15) is 0 Å². The number of rotatable bonds is 2. The average Bonchev–Trinajstić information content (AvgIpc) is 2.74. The summed E-state index contributed by atoms with van der Waals surface area (Å²) in [7, 11) is 0. The lowest BCUT2D eigenvalue weighted by Gasteiger charge is -2.39. The fourth-order valence-corrected chi connectivity index (χ4v) is 4.07. The van der Waals surface area contributed by atoms with Gasteiger partial charge in [0.2, 0.25) is 0 Å². The molecule has 0 unspecified atom stereocenters. The molecule has 5 rings (SSSR count). The smallest absolute Gasteiger partial charge is 0.171 e. The summed E-state index contributed by atoms with van der Waals surface area (Å²) in [5.41, 5.74) is 1.86. The Morgan fingerprint density at radius 3 is 1.93 bits per heavy atom. The van der Waals surface area contributed by atoms with E-state index in [-0.39, 0.29) is 12.2 Å². The third-order valence-electron chi connectivity index (χ3n) is 5.34. The Labute approximate surface area is 158 Å². The van der Waals surface area contributed by atoms with Crippen LogP contribution in [0.1, 0.15) is 27.9 Å². The summed E-state index contributed by atoms with van der Waals surface area (Å²) >= 11 is 0. The molecule has 0 spiro atoms. The second-order valence-corrected chi connectivity index (χ2v) is 6.92. The summed E-state index contributed by atoms with van der Waals surface area (Å²) < 4.78 is 6.65. The van der Waals surface area contributed by atoms with Crippen LogP contribution in [0.4, 0.5) is 0 Å². The van der Waals surface area contributed by atoms with Gasteiger partial charge in [-0.25, -0.2) is 0 Å². The maximum absolute atomic E-state index is 13.4. The van der Waals surface area contributed by atoms with Crippen LogP contribution in [0.25, 0.3) is 10.8 Å². The number of carbonyl (C=O) groups excluding carboxylic acids is 1. The fourth-order valence-electron chi connectivity index (χ4n) is 4.07. The molecule has 0 atom stereocenters. The molecule has 4 aromatic carbocycles. The van der Waals surface area contributed by atoms with E-state index in [1.54, 1.807) is 0 Å². The molecule has 0 fully saturated rings. The average molecular weight is 350 g/mol. The predicted octanol–water partition coefficient (Wildman–Crippen LogP) is 5.75. The summed E-state index contributed by atoms with van der Waals surface area (Å²) in [6.07, 6.45) is 0.280. The van der Waals surface area contributed by atoms with Crippen LogP contribution in [0.5, 0.6) is 5.75 Å². The predicted molar refractivity (Wildman–Crippen MR) is 107 cm³/mol. The van der Waals surface area contributed by atoms with Gasteiger partial charge in [-0.1, -0.05) is 91.0 Å². The molecule has 27 heavy (non-hydrogen) atoms. The summed E-state index contributed by atoms with van der Waals surface area (Å²) in [6, 6.07) is 32.0. The van der Waals surface area contributed by atoms with E-state index in [0.717, 1.165) is 21.9 Å². The Balaban J connectivity index is 1.76. The molecule has 0 saturated heterocycles. The first-order valence-electron chi connectivity index (χ1n) is 9.13. The Hall–Kier alpha value is -3.39. The van der Waals surface area contributed by atoms with Gasteiger partial charge in [-0.05, 0) is 16.8 Å². The van der Waals surface area contributed by atoms with Crippen molar-refractivity contribution < 1.29 is 9.53 Å². The number of ketones is 1. The standard InChI is InChI=1S/C25H18O2/c26-22-17-25(19-10-3-1-4-11-19,20-12-5-2-6-13-20)27-23-16-15-18-9-7-8-14-21(18)24(22)23/h1-16H,17H2. The molecule has 1 aliphatic rings. The first-order valence-corrected chi connectivity index (χ1v) is 9.13. The van der Waals surface area contributed by atoms with E-state index in [9.17, 15) is 4.79 Å². The molecule has 0 saturated carbocycles. The van der Waals surface area contributed by atoms with Crippen molar-refractivity contribution >= 4 is 16.6 Å². The van der Waals surface area contributed by atoms with Gasteiger partial charge in [0.15, 0.2) is 11.4 Å². The Kier molecular flexibility index (Phi) is 3.58. The zero-order valence-electron chi connectivity index (χ0n) is 14.8. The van der Waals surface area contributed by atoms with Crippen LogP contribution in [0, 0.1) is 0 Å². The molecule has 0 aliphatic carbocycles. The highest BCUT2D eigenvalue weighted by Crippen LogP contribution is 2.45. The molecule has 1 aliphatic heterocycles. The van der Waals surface area contributed by atoms with Crippen molar-refractivity contribution in [1.82, 2.24) is 0 Å². The molecule has 1 heterocycles. The first-order chi connectivity index (χ1) is 13.3. The number of Topliss-reactive ketones (excluding diaryl/α,β-unsaturated/α-hetero) is 1. The summed E-state index contributed by atoms with van der Waals surface area (Å²) in [4.78, 5) is 13.4. The van der Waals surface area contributed by atoms with E-state index in [2.05, 4.69) is 0 Å². The third-order valence-corrected chi connectivity index (χ3v) is 5.34. The van der Waals surface area contributed by atoms with Crippen molar-refractivity contribution in [2.24, 2.45) is 0 Å². The van der Waals surface area contributed by atoms with Crippen molar-refractivity contribution in [1.29, 1.82) is 0 Å². The van der Waals surface area contributed by atoms with Gasteiger partial charge in [-0.15, -0.1) is 0 Å². The van der Waals surface area contributed by atoms with Crippen LogP contribution in [-0.4, -0.2) is 5.78 Å². The van der Waals surface area contributed by atoms with Crippen molar-refractivity contribution in [3.8, 4) is 5.75 Å². The molecule has 0 radical (unpaired) electrons. The van der Waals surface area contributed by atoms with Crippen LogP contribution in [0.15, 0.2) is 97.1 Å². The maximum atomic E-state index is 13.4. The highest BCUT2D eigenvalue weighted by atomic mass is 16.5. The molecule has 2 heteroatoms. The minimum Gasteiger partial charge on any atom is -0.477 e. The van der Waals surface area contributed by atoms with Crippen LogP contribution in [-0.2, 0) is 5.60 Å². The molecule has 0 bridgehead atoms. The molecule has 4 aromatic rings. The number of benzene rings is 4. The summed E-state index contributed by atoms with van der Waals surface area (Å²) in [5.74, 6) is 0.762. The number of fused-ring (bicyclic) bond motifs is 3. The molecule has 130 valence electrons. The highest BCUT2D eigenvalue weighted by molar-refractivity contribution is 6.11. The number of carbonyl (C=O) groups is 1. The Bertz CT molecular complexity index is 1090. The van der Waals surface area contributed by atoms with Crippen LogP contribution in [0.2, 0.25) is 0 Å². The van der Waals surface area contributed by atoms with Crippen molar-refractivity contribution in [3.63, 3.8) is 0 Å². The molecule has 2 nitrogen and oxygen atoms in total. The van der Waals surface area contributed by atoms with Gasteiger partial charge in [0, 0.05) is 11.1 Å². The zero-order valence-corrected chi connectivity index (χ0v) is 14.8. The molecular formula is C25H18O2. The third kappa shape index (κ3) is 2.45. The molecule has 0 N–H and O–H groups in total. The monoisotopic (exact) mass is 350 g/mol. The van der Waals surface area contributed by atoms with Crippen molar-refractivity contribution in [3.05, 3.63) is 114 Å². The van der Waals surface area contributed by atoms with Gasteiger partial charge < -0.3 is 4.74 Å². The van der Waals surface area contributed by atoms with Crippen molar-refractivity contribution in [2.45, 2.75) is 12.0 Å². The second-order valence-electron chi connectivity index (χ2n) is 6.92. The second kappa shape index (κ2) is 6.10. The SMILES string of the molecule is O=C1CC(c2ccccc2)(c2ccccc2)Oc2ccc3ccccc3c21. The normalized spacial score (nSPS) is 15.2. The fraction of sp³-hybridized carbons (Fsp3) is 0.0800. The quantitative estimate of drug-likeness (QED) is 0.460. The van der Waals surface area contributed by atoms with E-state index >= 15 is 0 Å². The lowest BCUT2D eigenvalue weighted by atomic mass is 9.78. The van der Waals surface area contributed by atoms with E-state index in [1.165, 1.54) is 0 Å². The van der Waals surface area contributed by atoms with Gasteiger partial charge in [-0.3, -0.25) is 4.79 Å². The number of hydrogen-bond acceptors (Lipinski definition) is 2. The summed E-state index contributed by atoms with van der Waals surface area (Å²) in [6.45, 7) is 0. The highest BCUT2D eigenvalue weighted by Gasteiger charge is 2.44. The zero-order chi connectivity index (χ0) is 18.3. The maximum Gasteiger partial charge on any atom is 0.171 e. The summed E-state index contributed by atoms with van der Waals surface area (Å²) in [5, 5.41) is 2.01. The van der Waals surface area contributed by atoms with Crippen LogP contribution < -0.4 is 4.74 Å². The van der Waals surface area contributed by atoms with E-state index in [0.29, 0.717) is 11.3 Å². The topological polar surface area (TPSA) is 26.3 Å². The minimum absolute atomic E-state index is 0.112. The Morgan fingerprint density at radius 2 is 1.26 bits per heavy atom. The molecule has 0 amide bonds. The number of hydrogen-bond donors (Lipinski definition) is 0. The van der Waals surface area contributed by atoms with E-state index in [4.69, 9.17) is 4.74 Å². The Morgan fingerprint density at radius 1 is 0.667 bits per heavy atom. The van der Waals surface area contributed by atoms with Gasteiger partial charge >= 0.3 is 0 Å². The lowest BCUT2D eigenvalue weighted by molar-refractivity contribution is 0.0621. The van der Waals surface area contributed by atoms with Crippen LogP contribution in [0.3, 0.4) is 0 Å². The molecular weight excluding hydrogens is 332 g/mol. The first kappa shape index (κ1) is 15.8. The minimum atomic E-state index is -0.810. The number of ether oxygens (including phenoxy) is 1. The van der Waals surface area contributed by atoms with E-state index in [1.807, 2.05) is 97.1 Å².